The minimum absolute atomic E-state index is 0.0256. The zero-order valence-electron chi connectivity index (χ0n) is 25.9. The van der Waals surface area contributed by atoms with Gasteiger partial charge in [0.05, 0.1) is 12.2 Å². The quantitative estimate of drug-likeness (QED) is 0.136. The molecule has 1 heteroatoms. The van der Waals surface area contributed by atoms with E-state index in [0.29, 0.717) is 0 Å². The van der Waals surface area contributed by atoms with Crippen molar-refractivity contribution in [3.8, 4) is 0 Å². The summed E-state index contributed by atoms with van der Waals surface area (Å²) in [4.78, 5) is 0. The van der Waals surface area contributed by atoms with E-state index in [2.05, 4.69) is 125 Å². The third kappa shape index (κ3) is 9.44. The summed E-state index contributed by atoms with van der Waals surface area (Å²) in [6.07, 6.45) is 11.0. The van der Waals surface area contributed by atoms with E-state index < -0.39 is 0 Å². The Bertz CT molecular complexity index is 1160. The van der Waals surface area contributed by atoms with E-state index >= 15 is 0 Å². The number of ether oxygens (including phenoxy) is 1. The van der Waals surface area contributed by atoms with Crippen LogP contribution < -0.4 is 0 Å². The lowest BCUT2D eigenvalue weighted by Gasteiger charge is -2.27. The fourth-order valence-corrected chi connectivity index (χ4v) is 5.50. The predicted molar refractivity (Wildman–Crippen MR) is 176 cm³/mol. The van der Waals surface area contributed by atoms with E-state index in [1.165, 1.54) is 70.2 Å². The highest BCUT2D eigenvalue weighted by Gasteiger charge is 2.22. The van der Waals surface area contributed by atoms with E-state index in [4.69, 9.17) is 4.74 Å². The Hall–Kier alpha value is -3.16. The zero-order valence-corrected chi connectivity index (χ0v) is 25.9. The van der Waals surface area contributed by atoms with Crippen LogP contribution in [0.2, 0.25) is 0 Å². The van der Waals surface area contributed by atoms with E-state index in [0.717, 1.165) is 38.5 Å². The molecular formula is C40H50O. The monoisotopic (exact) mass is 546 g/mol. The van der Waals surface area contributed by atoms with E-state index in [-0.39, 0.29) is 12.2 Å². The maximum Gasteiger partial charge on any atom is 0.0873 e. The van der Waals surface area contributed by atoms with Crippen molar-refractivity contribution in [2.24, 2.45) is 0 Å². The van der Waals surface area contributed by atoms with Crippen molar-refractivity contribution >= 4 is 0 Å². The molecular weight excluding hydrogens is 496 g/mol. The lowest BCUT2D eigenvalue weighted by atomic mass is 9.95. The van der Waals surface area contributed by atoms with Gasteiger partial charge in [0.25, 0.3) is 0 Å². The average molecular weight is 547 g/mol. The molecule has 0 radical (unpaired) electrons. The van der Waals surface area contributed by atoms with Gasteiger partial charge in [0, 0.05) is 12.8 Å². The SMILES string of the molecule is CCCCc1ccc(C(Cc2ccc(CC)cc2)OC(Cc2ccc(CC)cc2)c2ccc(CCCC)cc2)cc1. The number of rotatable bonds is 16. The summed E-state index contributed by atoms with van der Waals surface area (Å²) in [5.74, 6) is 0. The van der Waals surface area contributed by atoms with Crippen molar-refractivity contribution in [3.05, 3.63) is 142 Å². The molecule has 0 heterocycles. The van der Waals surface area contributed by atoms with Crippen LogP contribution in [0.4, 0.5) is 0 Å². The molecule has 0 aromatic heterocycles. The molecule has 0 amide bonds. The van der Waals surface area contributed by atoms with Gasteiger partial charge in [0.1, 0.15) is 0 Å². The molecule has 0 bridgehead atoms. The average Bonchev–Trinajstić information content (AvgIpc) is 3.03. The van der Waals surface area contributed by atoms with Crippen LogP contribution in [0.5, 0.6) is 0 Å². The van der Waals surface area contributed by atoms with Crippen molar-refractivity contribution < 1.29 is 4.74 Å². The Morgan fingerprint density at radius 1 is 0.415 bits per heavy atom. The maximum atomic E-state index is 7.19. The molecule has 1 nitrogen and oxygen atoms in total. The van der Waals surface area contributed by atoms with Gasteiger partial charge < -0.3 is 4.74 Å². The second kappa shape index (κ2) is 16.3. The van der Waals surface area contributed by atoms with Gasteiger partial charge in [0.2, 0.25) is 0 Å². The van der Waals surface area contributed by atoms with Crippen LogP contribution in [0.15, 0.2) is 97.1 Å². The first-order valence-electron chi connectivity index (χ1n) is 16.1. The molecule has 0 aliphatic carbocycles. The summed E-state index contributed by atoms with van der Waals surface area (Å²) in [6, 6.07) is 36.6. The van der Waals surface area contributed by atoms with Gasteiger partial charge in [0.15, 0.2) is 0 Å². The molecule has 4 aromatic rings. The first-order chi connectivity index (χ1) is 20.1. The van der Waals surface area contributed by atoms with Crippen LogP contribution in [0.25, 0.3) is 0 Å². The first kappa shape index (κ1) is 30.8. The van der Waals surface area contributed by atoms with Gasteiger partial charge in [-0.1, -0.05) is 138 Å². The molecule has 0 fully saturated rings. The summed E-state index contributed by atoms with van der Waals surface area (Å²) < 4.78 is 7.19. The fraction of sp³-hybridized carbons (Fsp3) is 0.400. The van der Waals surface area contributed by atoms with Gasteiger partial charge in [-0.3, -0.25) is 0 Å². The summed E-state index contributed by atoms with van der Waals surface area (Å²) in [6.45, 7) is 8.95. The largest absolute Gasteiger partial charge is 0.365 e. The van der Waals surface area contributed by atoms with E-state index in [1.54, 1.807) is 0 Å². The second-order valence-electron chi connectivity index (χ2n) is 11.6. The van der Waals surface area contributed by atoms with Gasteiger partial charge in [-0.25, -0.2) is 0 Å². The van der Waals surface area contributed by atoms with E-state index in [1.807, 2.05) is 0 Å². The van der Waals surface area contributed by atoms with Crippen molar-refractivity contribution in [2.75, 3.05) is 0 Å². The summed E-state index contributed by atoms with van der Waals surface area (Å²) >= 11 is 0. The molecule has 41 heavy (non-hydrogen) atoms. The molecule has 0 aliphatic rings. The molecule has 4 rings (SSSR count). The lowest BCUT2D eigenvalue weighted by molar-refractivity contribution is -0.0149. The molecule has 2 unspecified atom stereocenters. The highest BCUT2D eigenvalue weighted by molar-refractivity contribution is 5.31. The standard InChI is InChI=1S/C40H50O/c1-5-9-11-33-21-25-37(26-22-33)39(29-35-17-13-31(7-3)14-18-35)41-40(30-36-19-15-32(8-4)16-20-36)38-27-23-34(24-28-38)12-10-6-2/h13-28,39-40H,5-12,29-30H2,1-4H3. The number of benzene rings is 4. The van der Waals surface area contributed by atoms with Crippen LogP contribution in [0.1, 0.15) is 110 Å². The number of hydrogen-bond acceptors (Lipinski definition) is 1. The van der Waals surface area contributed by atoms with Gasteiger partial charge in [-0.05, 0) is 83.0 Å². The molecule has 216 valence electrons. The number of hydrogen-bond donors (Lipinski definition) is 0. The molecule has 0 saturated carbocycles. The normalized spacial score (nSPS) is 12.8. The zero-order chi connectivity index (χ0) is 28.9. The molecule has 2 atom stereocenters. The van der Waals surface area contributed by atoms with Crippen LogP contribution in [0.3, 0.4) is 0 Å². The topological polar surface area (TPSA) is 9.23 Å². The maximum absolute atomic E-state index is 7.19. The fourth-order valence-electron chi connectivity index (χ4n) is 5.50. The molecule has 4 aromatic carbocycles. The van der Waals surface area contributed by atoms with Crippen molar-refractivity contribution in [3.63, 3.8) is 0 Å². The van der Waals surface area contributed by atoms with Crippen LogP contribution in [-0.4, -0.2) is 0 Å². The van der Waals surface area contributed by atoms with Crippen LogP contribution in [-0.2, 0) is 43.3 Å². The Kier molecular flexibility index (Phi) is 12.3. The second-order valence-corrected chi connectivity index (χ2v) is 11.6. The highest BCUT2D eigenvalue weighted by Crippen LogP contribution is 2.33. The van der Waals surface area contributed by atoms with Gasteiger partial charge in [-0.15, -0.1) is 0 Å². The predicted octanol–water partition coefficient (Wildman–Crippen LogP) is 10.8. The van der Waals surface area contributed by atoms with Crippen molar-refractivity contribution in [2.45, 2.75) is 104 Å². The molecule has 0 aliphatic heterocycles. The molecule has 0 N–H and O–H groups in total. The van der Waals surface area contributed by atoms with Gasteiger partial charge >= 0.3 is 0 Å². The van der Waals surface area contributed by atoms with Crippen LogP contribution in [0, 0.1) is 0 Å². The third-order valence-electron chi connectivity index (χ3n) is 8.37. The summed E-state index contributed by atoms with van der Waals surface area (Å²) in [5, 5.41) is 0. The first-order valence-corrected chi connectivity index (χ1v) is 16.1. The van der Waals surface area contributed by atoms with Crippen molar-refractivity contribution in [1.29, 1.82) is 0 Å². The number of aryl methyl sites for hydroxylation is 4. The Labute approximate surface area is 250 Å². The summed E-state index contributed by atoms with van der Waals surface area (Å²) in [5.41, 5.74) is 10.7. The third-order valence-corrected chi connectivity index (χ3v) is 8.37. The Morgan fingerprint density at radius 2 is 0.732 bits per heavy atom. The van der Waals surface area contributed by atoms with E-state index in [9.17, 15) is 0 Å². The Morgan fingerprint density at radius 3 is 1.05 bits per heavy atom. The lowest BCUT2D eigenvalue weighted by Crippen LogP contribution is -2.15. The van der Waals surface area contributed by atoms with Crippen LogP contribution >= 0.6 is 0 Å². The highest BCUT2D eigenvalue weighted by atomic mass is 16.5. The minimum Gasteiger partial charge on any atom is -0.365 e. The van der Waals surface area contributed by atoms with Crippen molar-refractivity contribution in [1.82, 2.24) is 0 Å². The van der Waals surface area contributed by atoms with Gasteiger partial charge in [-0.2, -0.15) is 0 Å². The minimum atomic E-state index is -0.0256. The molecule has 0 spiro atoms. The molecule has 0 saturated heterocycles. The smallest absolute Gasteiger partial charge is 0.0873 e. The Balaban J connectivity index is 1.64. The number of unbranched alkanes of at least 4 members (excludes halogenated alkanes) is 2. The summed E-state index contributed by atoms with van der Waals surface area (Å²) in [7, 11) is 0.